The first-order valence-electron chi connectivity index (χ1n) is 6.14. The van der Waals surface area contributed by atoms with Crippen LogP contribution in [0.5, 0.6) is 0 Å². The number of rotatable bonds is 4. The van der Waals surface area contributed by atoms with Crippen LogP contribution in [0.4, 0.5) is 0 Å². The molecule has 0 fully saturated rings. The monoisotopic (exact) mass is 261 g/mol. The van der Waals surface area contributed by atoms with Gasteiger partial charge in [0.05, 0.1) is 10.6 Å². The number of hydrogen-bond donors (Lipinski definition) is 1. The fraction of sp³-hybridized carbons (Fsp3) is 0.429. The first-order valence-corrected chi connectivity index (χ1v) is 6.91. The Morgan fingerprint density at radius 1 is 1.11 bits per heavy atom. The standard InChI is InChI=1S/C14H19N3S/c1-14(2,3)13-12(18-17-16-13)10-15-9-11-7-5-4-6-8-11/h4-8,15H,9-10H2,1-3H3. The molecule has 2 rings (SSSR count). The maximum absolute atomic E-state index is 4.24. The highest BCUT2D eigenvalue weighted by atomic mass is 32.1. The number of hydrogen-bond acceptors (Lipinski definition) is 4. The van der Waals surface area contributed by atoms with Crippen molar-refractivity contribution in [3.63, 3.8) is 0 Å². The molecule has 0 radical (unpaired) electrons. The van der Waals surface area contributed by atoms with Crippen LogP contribution in [0, 0.1) is 0 Å². The van der Waals surface area contributed by atoms with Gasteiger partial charge in [-0.2, -0.15) is 0 Å². The van der Waals surface area contributed by atoms with Crippen LogP contribution >= 0.6 is 11.5 Å². The minimum atomic E-state index is 0.0662. The minimum Gasteiger partial charge on any atom is -0.308 e. The molecule has 0 bridgehead atoms. The highest BCUT2D eigenvalue weighted by molar-refractivity contribution is 7.05. The average molecular weight is 261 g/mol. The molecule has 0 spiro atoms. The van der Waals surface area contributed by atoms with Gasteiger partial charge in [0.1, 0.15) is 0 Å². The van der Waals surface area contributed by atoms with Gasteiger partial charge in [-0.05, 0) is 17.1 Å². The highest BCUT2D eigenvalue weighted by Gasteiger charge is 2.21. The summed E-state index contributed by atoms with van der Waals surface area (Å²) in [6.45, 7) is 8.22. The van der Waals surface area contributed by atoms with E-state index in [2.05, 4.69) is 59.9 Å². The van der Waals surface area contributed by atoms with Crippen LogP contribution in [0.15, 0.2) is 30.3 Å². The Morgan fingerprint density at radius 2 is 1.83 bits per heavy atom. The van der Waals surface area contributed by atoms with Crippen LogP contribution in [0.3, 0.4) is 0 Å². The van der Waals surface area contributed by atoms with E-state index in [-0.39, 0.29) is 5.41 Å². The summed E-state index contributed by atoms with van der Waals surface area (Å²) in [5.41, 5.74) is 2.47. The van der Waals surface area contributed by atoms with Gasteiger partial charge in [-0.25, -0.2) is 0 Å². The zero-order chi connectivity index (χ0) is 13.0. The molecule has 1 heterocycles. The minimum absolute atomic E-state index is 0.0662. The molecule has 0 atom stereocenters. The largest absolute Gasteiger partial charge is 0.308 e. The quantitative estimate of drug-likeness (QED) is 0.919. The molecule has 4 heteroatoms. The summed E-state index contributed by atoms with van der Waals surface area (Å²) in [5.74, 6) is 0. The second kappa shape index (κ2) is 5.59. The van der Waals surface area contributed by atoms with Gasteiger partial charge in [-0.3, -0.25) is 0 Å². The molecule has 2 aromatic rings. The van der Waals surface area contributed by atoms with Gasteiger partial charge in [0, 0.05) is 18.5 Å². The lowest BCUT2D eigenvalue weighted by atomic mass is 9.91. The molecule has 0 saturated heterocycles. The molecule has 0 unspecified atom stereocenters. The topological polar surface area (TPSA) is 37.8 Å². The van der Waals surface area contributed by atoms with Crippen LogP contribution in [0.1, 0.15) is 36.9 Å². The first-order chi connectivity index (χ1) is 8.57. The van der Waals surface area contributed by atoms with Crippen molar-refractivity contribution in [2.24, 2.45) is 0 Å². The molecule has 0 aliphatic heterocycles. The lowest BCUT2D eigenvalue weighted by Gasteiger charge is -2.16. The summed E-state index contributed by atoms with van der Waals surface area (Å²) in [7, 11) is 0. The Bertz CT molecular complexity index is 485. The third kappa shape index (κ3) is 3.37. The van der Waals surface area contributed by atoms with E-state index < -0.39 is 0 Å². The van der Waals surface area contributed by atoms with E-state index in [0.29, 0.717) is 0 Å². The Morgan fingerprint density at radius 3 is 2.50 bits per heavy atom. The van der Waals surface area contributed by atoms with Crippen LogP contribution in [-0.2, 0) is 18.5 Å². The van der Waals surface area contributed by atoms with Gasteiger partial charge < -0.3 is 5.32 Å². The molecule has 3 nitrogen and oxygen atoms in total. The van der Waals surface area contributed by atoms with Crippen molar-refractivity contribution in [1.29, 1.82) is 0 Å². The summed E-state index contributed by atoms with van der Waals surface area (Å²) in [4.78, 5) is 1.23. The van der Waals surface area contributed by atoms with E-state index in [0.717, 1.165) is 18.8 Å². The maximum Gasteiger partial charge on any atom is 0.0854 e. The van der Waals surface area contributed by atoms with Crippen molar-refractivity contribution in [2.45, 2.75) is 39.3 Å². The summed E-state index contributed by atoms with van der Waals surface area (Å²) in [5, 5.41) is 7.69. The fourth-order valence-corrected chi connectivity index (χ4v) is 2.63. The SMILES string of the molecule is CC(C)(C)c1nnsc1CNCc1ccccc1. The van der Waals surface area contributed by atoms with Crippen LogP contribution in [0.2, 0.25) is 0 Å². The summed E-state index contributed by atoms with van der Waals surface area (Å²) in [6, 6.07) is 10.4. The van der Waals surface area contributed by atoms with Gasteiger partial charge in [0.15, 0.2) is 0 Å². The number of nitrogens with one attached hydrogen (secondary N) is 1. The zero-order valence-electron chi connectivity index (χ0n) is 11.1. The van der Waals surface area contributed by atoms with Crippen molar-refractivity contribution < 1.29 is 0 Å². The van der Waals surface area contributed by atoms with E-state index in [9.17, 15) is 0 Å². The van der Waals surface area contributed by atoms with Crippen molar-refractivity contribution >= 4 is 11.5 Å². The predicted octanol–water partition coefficient (Wildman–Crippen LogP) is 3.13. The van der Waals surface area contributed by atoms with Crippen molar-refractivity contribution in [2.75, 3.05) is 0 Å². The number of benzene rings is 1. The molecular formula is C14H19N3S. The summed E-state index contributed by atoms with van der Waals surface area (Å²) >= 11 is 1.49. The van der Waals surface area contributed by atoms with Gasteiger partial charge >= 0.3 is 0 Å². The molecule has 1 aromatic heterocycles. The van der Waals surface area contributed by atoms with Crippen LogP contribution in [-0.4, -0.2) is 9.59 Å². The second-order valence-corrected chi connectivity index (χ2v) is 6.22. The summed E-state index contributed by atoms with van der Waals surface area (Å²) in [6.07, 6.45) is 0. The van der Waals surface area contributed by atoms with E-state index in [1.165, 1.54) is 22.0 Å². The number of aromatic nitrogens is 2. The van der Waals surface area contributed by atoms with Crippen molar-refractivity contribution in [1.82, 2.24) is 14.9 Å². The predicted molar refractivity (Wildman–Crippen MR) is 75.6 cm³/mol. The van der Waals surface area contributed by atoms with Gasteiger partial charge in [-0.1, -0.05) is 55.6 Å². The van der Waals surface area contributed by atoms with Gasteiger partial charge in [0.2, 0.25) is 0 Å². The summed E-state index contributed by atoms with van der Waals surface area (Å²) < 4.78 is 4.07. The number of nitrogens with zero attached hydrogens (tertiary/aromatic N) is 2. The third-order valence-corrected chi connectivity index (χ3v) is 3.45. The molecule has 96 valence electrons. The first kappa shape index (κ1) is 13.2. The molecule has 18 heavy (non-hydrogen) atoms. The Labute approximate surface area is 112 Å². The maximum atomic E-state index is 4.24. The molecule has 0 aliphatic carbocycles. The lowest BCUT2D eigenvalue weighted by molar-refractivity contribution is 0.554. The van der Waals surface area contributed by atoms with Gasteiger partial charge in [0.25, 0.3) is 0 Å². The second-order valence-electron chi connectivity index (χ2n) is 5.38. The molecule has 1 aromatic carbocycles. The van der Waals surface area contributed by atoms with E-state index in [1.807, 2.05) is 6.07 Å². The van der Waals surface area contributed by atoms with E-state index in [4.69, 9.17) is 0 Å². The Balaban J connectivity index is 1.93. The van der Waals surface area contributed by atoms with Crippen molar-refractivity contribution in [3.8, 4) is 0 Å². The normalized spacial score (nSPS) is 11.7. The van der Waals surface area contributed by atoms with Crippen LogP contribution in [0.25, 0.3) is 0 Å². The molecule has 1 N–H and O–H groups in total. The average Bonchev–Trinajstić information content (AvgIpc) is 2.78. The molecule has 0 amide bonds. The highest BCUT2D eigenvalue weighted by Crippen LogP contribution is 2.25. The van der Waals surface area contributed by atoms with E-state index >= 15 is 0 Å². The molecular weight excluding hydrogens is 242 g/mol. The zero-order valence-corrected chi connectivity index (χ0v) is 11.9. The molecule has 0 aliphatic rings. The smallest absolute Gasteiger partial charge is 0.0854 e. The Hall–Kier alpha value is -1.26. The third-order valence-electron chi connectivity index (χ3n) is 2.72. The molecule has 0 saturated carbocycles. The van der Waals surface area contributed by atoms with Crippen molar-refractivity contribution in [3.05, 3.63) is 46.5 Å². The Kier molecular flexibility index (Phi) is 4.09. The van der Waals surface area contributed by atoms with Crippen LogP contribution < -0.4 is 5.32 Å². The van der Waals surface area contributed by atoms with E-state index in [1.54, 1.807) is 0 Å². The lowest BCUT2D eigenvalue weighted by Crippen LogP contribution is -2.18. The fourth-order valence-electron chi connectivity index (χ4n) is 1.81. The van der Waals surface area contributed by atoms with Gasteiger partial charge in [-0.15, -0.1) is 5.10 Å².